The van der Waals surface area contributed by atoms with E-state index in [1.165, 1.54) is 17.5 Å². The summed E-state index contributed by atoms with van der Waals surface area (Å²) in [5.41, 5.74) is 3.69. The number of hydrogen-bond acceptors (Lipinski definition) is 1. The Morgan fingerprint density at radius 3 is 2.48 bits per heavy atom. The van der Waals surface area contributed by atoms with Crippen molar-refractivity contribution in [1.29, 1.82) is 0 Å². The highest BCUT2D eigenvalue weighted by Crippen LogP contribution is 2.42. The maximum atomic E-state index is 6.35. The molecule has 4 heteroatoms. The van der Waals surface area contributed by atoms with Gasteiger partial charge in [-0.3, -0.25) is 0 Å². The van der Waals surface area contributed by atoms with E-state index in [2.05, 4.69) is 52.4 Å². The molecule has 2 unspecified atom stereocenters. The molecule has 2 aromatic rings. The fraction of sp³-hybridized carbons (Fsp3) is 0.294. The van der Waals surface area contributed by atoms with Crippen molar-refractivity contribution in [1.82, 2.24) is 0 Å². The van der Waals surface area contributed by atoms with Gasteiger partial charge < -0.3 is 5.32 Å². The molecule has 0 bridgehead atoms. The number of halogens is 3. The van der Waals surface area contributed by atoms with E-state index in [0.717, 1.165) is 16.6 Å². The summed E-state index contributed by atoms with van der Waals surface area (Å²) < 4.78 is 0.817. The highest BCUT2D eigenvalue weighted by molar-refractivity contribution is 9.10. The molecule has 21 heavy (non-hydrogen) atoms. The van der Waals surface area contributed by atoms with E-state index in [1.54, 1.807) is 0 Å². The van der Waals surface area contributed by atoms with Crippen LogP contribution in [0.15, 0.2) is 40.9 Å². The van der Waals surface area contributed by atoms with Crippen LogP contribution in [0.2, 0.25) is 10.0 Å². The van der Waals surface area contributed by atoms with Gasteiger partial charge in [-0.15, -0.1) is 0 Å². The van der Waals surface area contributed by atoms with Crippen LogP contribution in [0.5, 0.6) is 0 Å². The maximum absolute atomic E-state index is 6.35. The summed E-state index contributed by atoms with van der Waals surface area (Å²) in [5.74, 6) is 0.614. The monoisotopic (exact) mass is 383 g/mol. The molecule has 0 saturated carbocycles. The molecule has 110 valence electrons. The zero-order valence-electron chi connectivity index (χ0n) is 11.7. The van der Waals surface area contributed by atoms with Crippen LogP contribution in [0.1, 0.15) is 42.9 Å². The van der Waals surface area contributed by atoms with Gasteiger partial charge in [0.25, 0.3) is 0 Å². The summed E-state index contributed by atoms with van der Waals surface area (Å²) in [6.45, 7) is 2.29. The standard InChI is InChI=1S/C17H16BrCl2N/c1-10-6-8-14(12-5-3-2-4-11(10)12)21-15-9-7-13(18)16(19)17(15)20/h2-5,7,9-10,14,21H,6,8H2,1H3. The van der Waals surface area contributed by atoms with Crippen LogP contribution in [0.3, 0.4) is 0 Å². The van der Waals surface area contributed by atoms with Crippen molar-refractivity contribution in [2.75, 3.05) is 5.32 Å². The first-order valence-electron chi connectivity index (χ1n) is 7.06. The van der Waals surface area contributed by atoms with Gasteiger partial charge in [-0.2, -0.15) is 0 Å². The average molecular weight is 385 g/mol. The highest BCUT2D eigenvalue weighted by Gasteiger charge is 2.25. The first-order valence-corrected chi connectivity index (χ1v) is 8.61. The van der Waals surface area contributed by atoms with Gasteiger partial charge in [0, 0.05) is 4.47 Å². The molecule has 0 radical (unpaired) electrons. The Labute approximate surface area is 143 Å². The minimum Gasteiger partial charge on any atom is -0.377 e. The Bertz CT molecular complexity index is 672. The Morgan fingerprint density at radius 2 is 1.71 bits per heavy atom. The zero-order valence-corrected chi connectivity index (χ0v) is 14.8. The number of rotatable bonds is 2. The molecule has 1 N–H and O–H groups in total. The van der Waals surface area contributed by atoms with Crippen LogP contribution in [0, 0.1) is 0 Å². The van der Waals surface area contributed by atoms with Crippen LogP contribution < -0.4 is 5.32 Å². The summed E-state index contributed by atoms with van der Waals surface area (Å²) in [5, 5.41) is 4.68. The number of fused-ring (bicyclic) bond motifs is 1. The van der Waals surface area contributed by atoms with Gasteiger partial charge in [-0.05, 0) is 57.9 Å². The molecule has 2 aromatic carbocycles. The van der Waals surface area contributed by atoms with Gasteiger partial charge in [0.15, 0.2) is 0 Å². The van der Waals surface area contributed by atoms with Gasteiger partial charge in [0.05, 0.1) is 21.8 Å². The molecule has 1 aliphatic rings. The fourth-order valence-electron chi connectivity index (χ4n) is 2.98. The normalized spacial score (nSPS) is 21.0. The molecule has 0 amide bonds. The zero-order chi connectivity index (χ0) is 15.0. The first-order chi connectivity index (χ1) is 10.1. The van der Waals surface area contributed by atoms with Crippen molar-refractivity contribution < 1.29 is 0 Å². The van der Waals surface area contributed by atoms with E-state index in [-0.39, 0.29) is 6.04 Å². The van der Waals surface area contributed by atoms with Crippen LogP contribution in [0.25, 0.3) is 0 Å². The Hall–Kier alpha value is -0.700. The fourth-order valence-corrected chi connectivity index (χ4v) is 3.81. The van der Waals surface area contributed by atoms with Gasteiger partial charge >= 0.3 is 0 Å². The summed E-state index contributed by atoms with van der Waals surface area (Å²) in [6, 6.07) is 12.8. The van der Waals surface area contributed by atoms with Crippen molar-refractivity contribution in [2.45, 2.75) is 31.7 Å². The third-order valence-corrected chi connectivity index (χ3v) is 5.93. The number of benzene rings is 2. The molecule has 0 heterocycles. The Morgan fingerprint density at radius 1 is 1.00 bits per heavy atom. The second-order valence-corrected chi connectivity index (χ2v) is 7.14. The smallest absolute Gasteiger partial charge is 0.0835 e. The molecule has 3 rings (SSSR count). The quantitative estimate of drug-likeness (QED) is 0.561. The summed E-state index contributed by atoms with van der Waals surface area (Å²) >= 11 is 15.9. The van der Waals surface area contributed by atoms with Crippen LogP contribution in [0.4, 0.5) is 5.69 Å². The lowest BCUT2D eigenvalue weighted by atomic mass is 9.81. The van der Waals surface area contributed by atoms with E-state index in [0.29, 0.717) is 16.0 Å². The number of anilines is 1. The van der Waals surface area contributed by atoms with E-state index < -0.39 is 0 Å². The molecular formula is C17H16BrCl2N. The predicted octanol–water partition coefficient (Wildman–Crippen LogP) is 6.81. The van der Waals surface area contributed by atoms with E-state index >= 15 is 0 Å². The Kier molecular flexibility index (Phi) is 4.49. The average Bonchev–Trinajstić information content (AvgIpc) is 2.50. The van der Waals surface area contributed by atoms with Gasteiger partial charge in [0.2, 0.25) is 0 Å². The Balaban J connectivity index is 1.93. The lowest BCUT2D eigenvalue weighted by molar-refractivity contribution is 0.535. The largest absolute Gasteiger partial charge is 0.377 e. The third-order valence-electron chi connectivity index (χ3n) is 4.16. The van der Waals surface area contributed by atoms with Crippen molar-refractivity contribution >= 4 is 44.8 Å². The van der Waals surface area contributed by atoms with Crippen molar-refractivity contribution in [3.63, 3.8) is 0 Å². The topological polar surface area (TPSA) is 12.0 Å². The molecule has 0 aromatic heterocycles. The van der Waals surface area contributed by atoms with Gasteiger partial charge in [-0.25, -0.2) is 0 Å². The van der Waals surface area contributed by atoms with Crippen LogP contribution in [-0.4, -0.2) is 0 Å². The van der Waals surface area contributed by atoms with Crippen molar-refractivity contribution in [2.24, 2.45) is 0 Å². The van der Waals surface area contributed by atoms with E-state index in [4.69, 9.17) is 23.2 Å². The minimum atomic E-state index is 0.284. The first kappa shape index (κ1) is 15.2. The van der Waals surface area contributed by atoms with Crippen molar-refractivity contribution in [3.05, 3.63) is 62.0 Å². The molecular weight excluding hydrogens is 369 g/mol. The highest BCUT2D eigenvalue weighted by atomic mass is 79.9. The predicted molar refractivity (Wildman–Crippen MR) is 94.6 cm³/mol. The minimum absolute atomic E-state index is 0.284. The maximum Gasteiger partial charge on any atom is 0.0835 e. The number of hydrogen-bond donors (Lipinski definition) is 1. The molecule has 0 saturated heterocycles. The van der Waals surface area contributed by atoms with Crippen LogP contribution in [-0.2, 0) is 0 Å². The SMILES string of the molecule is CC1CCC(Nc2ccc(Br)c(Cl)c2Cl)c2ccccc21. The van der Waals surface area contributed by atoms with Gasteiger partial charge in [-0.1, -0.05) is 54.4 Å². The van der Waals surface area contributed by atoms with Crippen LogP contribution >= 0.6 is 39.1 Å². The molecule has 1 aliphatic carbocycles. The lowest BCUT2D eigenvalue weighted by Gasteiger charge is -2.31. The lowest BCUT2D eigenvalue weighted by Crippen LogP contribution is -2.19. The molecule has 0 fully saturated rings. The molecule has 1 nitrogen and oxygen atoms in total. The molecule has 2 atom stereocenters. The van der Waals surface area contributed by atoms with E-state index in [1.807, 2.05) is 12.1 Å². The summed E-state index contributed by atoms with van der Waals surface area (Å²) in [7, 11) is 0. The summed E-state index contributed by atoms with van der Waals surface area (Å²) in [4.78, 5) is 0. The third kappa shape index (κ3) is 2.94. The van der Waals surface area contributed by atoms with Crippen molar-refractivity contribution in [3.8, 4) is 0 Å². The van der Waals surface area contributed by atoms with Gasteiger partial charge in [0.1, 0.15) is 0 Å². The summed E-state index contributed by atoms with van der Waals surface area (Å²) in [6.07, 6.45) is 2.28. The molecule has 0 spiro atoms. The second kappa shape index (κ2) is 6.20. The number of nitrogens with one attached hydrogen (secondary N) is 1. The molecule has 0 aliphatic heterocycles. The second-order valence-electron chi connectivity index (χ2n) is 5.53. The van der Waals surface area contributed by atoms with E-state index in [9.17, 15) is 0 Å².